The van der Waals surface area contributed by atoms with Gasteiger partial charge in [0.05, 0.1) is 51.3 Å². The lowest BCUT2D eigenvalue weighted by Gasteiger charge is -2.59. The van der Waals surface area contributed by atoms with Gasteiger partial charge in [-0.1, -0.05) is 125 Å². The summed E-state index contributed by atoms with van der Waals surface area (Å²) in [7, 11) is -1.14. The van der Waals surface area contributed by atoms with Crippen molar-refractivity contribution in [2.24, 2.45) is 29.6 Å². The Morgan fingerprint density at radius 1 is 0.816 bits per heavy atom. The van der Waals surface area contributed by atoms with Gasteiger partial charge < -0.3 is 28.2 Å². The van der Waals surface area contributed by atoms with Crippen LogP contribution in [0.1, 0.15) is 100 Å². The summed E-state index contributed by atoms with van der Waals surface area (Å²) in [6, 6.07) is 18.4. The zero-order valence-corrected chi connectivity index (χ0v) is 33.7. The van der Waals surface area contributed by atoms with Crippen LogP contribution in [0.3, 0.4) is 0 Å². The maximum absolute atomic E-state index is 11.2. The highest BCUT2D eigenvalue weighted by Crippen LogP contribution is 2.57. The maximum Gasteiger partial charge on any atom is 0.349 e. The standard InChI is InChI=1S/C42H68O6Si/c1-14-29(2)38(43)32(5)37(46-28-35-21-23-36(44-13)24-22-35)25-20-30(3)39-33(6)40(31(4)26-45-27-34-18-16-15-17-19-34)48-49(47-39,41(7,8)9)42(10,11)12/h14-19,21-24,29-33,37-40,43H,1,20,25-28H2,2-13H3/t29-,30+,31+,32+,33+,37+,38-,39+,40+/m1/s1. The summed E-state index contributed by atoms with van der Waals surface area (Å²) in [6.07, 6.45) is 2.91. The van der Waals surface area contributed by atoms with E-state index in [2.05, 4.69) is 100 Å². The topological polar surface area (TPSA) is 66.4 Å². The predicted octanol–water partition coefficient (Wildman–Crippen LogP) is 10.1. The van der Waals surface area contributed by atoms with Crippen molar-refractivity contribution < 1.29 is 28.2 Å². The van der Waals surface area contributed by atoms with E-state index in [4.69, 9.17) is 23.1 Å². The molecular formula is C42H68O6Si. The van der Waals surface area contributed by atoms with Crippen LogP contribution in [-0.4, -0.2) is 51.8 Å². The molecular weight excluding hydrogens is 629 g/mol. The number of rotatable bonds is 17. The van der Waals surface area contributed by atoms with Crippen LogP contribution in [0, 0.1) is 29.6 Å². The molecule has 0 bridgehead atoms. The Morgan fingerprint density at radius 2 is 1.37 bits per heavy atom. The minimum absolute atomic E-state index is 0.0124. The normalized spacial score (nSPS) is 23.6. The van der Waals surface area contributed by atoms with Gasteiger partial charge in [-0.3, -0.25) is 0 Å². The van der Waals surface area contributed by atoms with E-state index in [0.29, 0.717) is 19.8 Å². The van der Waals surface area contributed by atoms with Gasteiger partial charge in [-0.2, -0.15) is 0 Å². The first kappa shape index (κ1) is 41.4. The Labute approximate surface area is 300 Å². The largest absolute Gasteiger partial charge is 0.497 e. The molecule has 276 valence electrons. The fraction of sp³-hybridized carbons (Fsp3) is 0.667. The van der Waals surface area contributed by atoms with Crippen LogP contribution < -0.4 is 4.74 Å². The average Bonchev–Trinajstić information content (AvgIpc) is 3.06. The van der Waals surface area contributed by atoms with Crippen molar-refractivity contribution in [3.05, 3.63) is 78.4 Å². The van der Waals surface area contributed by atoms with Gasteiger partial charge in [-0.15, -0.1) is 6.58 Å². The van der Waals surface area contributed by atoms with E-state index in [0.717, 1.165) is 24.2 Å². The molecule has 2 aromatic carbocycles. The second-order valence-corrected chi connectivity index (χ2v) is 21.5. The Kier molecular flexibility index (Phi) is 15.2. The maximum atomic E-state index is 11.2. The average molecular weight is 697 g/mol. The molecule has 1 aliphatic heterocycles. The van der Waals surface area contributed by atoms with E-state index < -0.39 is 14.7 Å². The van der Waals surface area contributed by atoms with Gasteiger partial charge in [0.2, 0.25) is 0 Å². The summed E-state index contributed by atoms with van der Waals surface area (Å²) in [5.41, 5.74) is 2.26. The number of aliphatic hydroxyl groups is 1. The summed E-state index contributed by atoms with van der Waals surface area (Å²) >= 11 is 0. The first-order valence-electron chi connectivity index (χ1n) is 18.5. The molecule has 3 rings (SSSR count). The van der Waals surface area contributed by atoms with Crippen molar-refractivity contribution in [3.8, 4) is 5.75 Å². The third-order valence-electron chi connectivity index (χ3n) is 10.8. The molecule has 1 aliphatic rings. The molecule has 7 heteroatoms. The Morgan fingerprint density at radius 3 is 1.90 bits per heavy atom. The molecule has 0 amide bonds. The van der Waals surface area contributed by atoms with Crippen LogP contribution in [0.2, 0.25) is 10.1 Å². The highest BCUT2D eigenvalue weighted by molar-refractivity contribution is 6.73. The fourth-order valence-corrected chi connectivity index (χ4v) is 13.2. The number of hydrogen-bond donors (Lipinski definition) is 1. The molecule has 2 aromatic rings. The third-order valence-corrected chi connectivity index (χ3v) is 16.0. The van der Waals surface area contributed by atoms with Crippen LogP contribution in [0.15, 0.2) is 67.3 Å². The van der Waals surface area contributed by atoms with Crippen LogP contribution >= 0.6 is 0 Å². The van der Waals surface area contributed by atoms with Crippen molar-refractivity contribution in [3.63, 3.8) is 0 Å². The number of methoxy groups -OCH3 is 1. The molecule has 1 heterocycles. The Balaban J connectivity index is 1.84. The number of hydrogen-bond acceptors (Lipinski definition) is 6. The summed E-state index contributed by atoms with van der Waals surface area (Å²) in [4.78, 5) is 0. The molecule has 1 fully saturated rings. The zero-order valence-electron chi connectivity index (χ0n) is 32.7. The molecule has 0 saturated carbocycles. The van der Waals surface area contributed by atoms with Gasteiger partial charge in [0.25, 0.3) is 0 Å². The van der Waals surface area contributed by atoms with E-state index >= 15 is 0 Å². The second-order valence-electron chi connectivity index (χ2n) is 16.8. The lowest BCUT2D eigenvalue weighted by molar-refractivity contribution is -0.115. The number of aliphatic hydroxyl groups excluding tert-OH is 1. The molecule has 49 heavy (non-hydrogen) atoms. The van der Waals surface area contributed by atoms with Crippen LogP contribution in [0.4, 0.5) is 0 Å². The van der Waals surface area contributed by atoms with Crippen LogP contribution in [0.25, 0.3) is 0 Å². The monoisotopic (exact) mass is 696 g/mol. The van der Waals surface area contributed by atoms with E-state index in [-0.39, 0.29) is 58.0 Å². The highest BCUT2D eigenvalue weighted by atomic mass is 28.4. The molecule has 1 saturated heterocycles. The molecule has 0 radical (unpaired) electrons. The van der Waals surface area contributed by atoms with Crippen molar-refractivity contribution in [1.82, 2.24) is 0 Å². The molecule has 9 atom stereocenters. The van der Waals surface area contributed by atoms with Crippen molar-refractivity contribution >= 4 is 8.56 Å². The smallest absolute Gasteiger partial charge is 0.349 e. The molecule has 1 N–H and O–H groups in total. The predicted molar refractivity (Wildman–Crippen MR) is 204 cm³/mol. The second kappa shape index (κ2) is 18.0. The zero-order chi connectivity index (χ0) is 36.6. The minimum Gasteiger partial charge on any atom is -0.497 e. The van der Waals surface area contributed by atoms with Gasteiger partial charge in [0.15, 0.2) is 0 Å². The molecule has 0 unspecified atom stereocenters. The summed E-state index contributed by atoms with van der Waals surface area (Å²) in [5.74, 6) is 1.35. The van der Waals surface area contributed by atoms with Crippen molar-refractivity contribution in [1.29, 1.82) is 0 Å². The van der Waals surface area contributed by atoms with Crippen LogP contribution in [0.5, 0.6) is 5.75 Å². The van der Waals surface area contributed by atoms with E-state index in [1.54, 1.807) is 7.11 Å². The summed E-state index contributed by atoms with van der Waals surface area (Å²) in [6.45, 7) is 30.4. The number of benzene rings is 2. The van der Waals surface area contributed by atoms with Crippen molar-refractivity contribution in [2.75, 3.05) is 13.7 Å². The fourth-order valence-electron chi connectivity index (χ4n) is 7.80. The Hall–Kier alpha value is -2.00. The van der Waals surface area contributed by atoms with Gasteiger partial charge in [0, 0.05) is 33.7 Å². The van der Waals surface area contributed by atoms with Crippen LogP contribution in [-0.2, 0) is 31.5 Å². The van der Waals surface area contributed by atoms with E-state index in [1.165, 1.54) is 5.56 Å². The first-order valence-corrected chi connectivity index (χ1v) is 20.3. The summed E-state index contributed by atoms with van der Waals surface area (Å²) < 4.78 is 33.1. The number of ether oxygens (including phenoxy) is 3. The van der Waals surface area contributed by atoms with Gasteiger partial charge in [0.1, 0.15) is 5.75 Å². The van der Waals surface area contributed by atoms with Crippen molar-refractivity contribution in [2.45, 2.75) is 137 Å². The SMILES string of the molecule is C=C[C@@H](C)[C@@H](O)[C@@H](C)[C@H](CC[C@H](C)[C@@H]1O[Si](C(C)(C)C)(C(C)(C)C)O[C@@H]([C@@H](C)COCc2ccccc2)[C@H]1C)OCc1ccc(OC)cc1. The molecule has 6 nitrogen and oxygen atoms in total. The molecule has 0 aliphatic carbocycles. The van der Waals surface area contributed by atoms with E-state index in [9.17, 15) is 5.11 Å². The Bertz CT molecular complexity index is 1240. The van der Waals surface area contributed by atoms with Gasteiger partial charge >= 0.3 is 8.56 Å². The minimum atomic E-state index is -2.81. The van der Waals surface area contributed by atoms with Gasteiger partial charge in [-0.25, -0.2) is 0 Å². The lowest BCUT2D eigenvalue weighted by atomic mass is 9.81. The first-order chi connectivity index (χ1) is 23.0. The lowest BCUT2D eigenvalue weighted by Crippen LogP contribution is -2.67. The van der Waals surface area contributed by atoms with Gasteiger partial charge in [-0.05, 0) is 42.0 Å². The highest BCUT2D eigenvalue weighted by Gasteiger charge is 2.64. The summed E-state index contributed by atoms with van der Waals surface area (Å²) in [5, 5.41) is 11.0. The third kappa shape index (κ3) is 10.5. The quantitative estimate of drug-likeness (QED) is 0.131. The molecule has 0 spiro atoms. The molecule has 0 aromatic heterocycles. The van der Waals surface area contributed by atoms with E-state index in [1.807, 2.05) is 43.3 Å².